The van der Waals surface area contributed by atoms with E-state index >= 15 is 0 Å². The number of rotatable bonds is 8. The lowest BCUT2D eigenvalue weighted by Gasteiger charge is -2.12. The van der Waals surface area contributed by atoms with Gasteiger partial charge in [0.05, 0.1) is 17.1 Å². The monoisotopic (exact) mass is 305 g/mol. The minimum atomic E-state index is -0.568. The molecule has 1 rings (SSSR count). The number of hydrogen-bond acceptors (Lipinski definition) is 4. The Labute approximate surface area is 123 Å². The summed E-state index contributed by atoms with van der Waals surface area (Å²) < 4.78 is 13.8. The van der Waals surface area contributed by atoms with Crippen molar-refractivity contribution < 1.29 is 4.39 Å². The third-order valence-electron chi connectivity index (χ3n) is 2.84. The summed E-state index contributed by atoms with van der Waals surface area (Å²) in [6.45, 7) is 0.681. The molecule has 0 saturated carbocycles. The van der Waals surface area contributed by atoms with Crippen LogP contribution in [0.15, 0.2) is 6.07 Å². The molecule has 0 heterocycles. The second kappa shape index (κ2) is 8.38. The molecule has 5 N–H and O–H groups in total. The lowest BCUT2D eigenvalue weighted by molar-refractivity contribution is 0.629. The molecule has 0 spiro atoms. The third-order valence-corrected chi connectivity index (χ3v) is 3.92. The topological polar surface area (TPSA) is 64.1 Å². The van der Waals surface area contributed by atoms with Crippen molar-refractivity contribution in [3.05, 3.63) is 16.9 Å². The maximum absolute atomic E-state index is 13.8. The maximum atomic E-state index is 13.8. The molecule has 0 radical (unpaired) electrons. The first-order valence-corrected chi connectivity index (χ1v) is 8.10. The Kier molecular flexibility index (Phi) is 7.16. The highest BCUT2D eigenvalue weighted by Gasteiger charge is 2.13. The number of benzene rings is 1. The van der Waals surface area contributed by atoms with Crippen molar-refractivity contribution in [2.45, 2.75) is 25.7 Å². The Hall–Kier alpha value is -0.810. The maximum Gasteiger partial charge on any atom is 0.169 e. The van der Waals surface area contributed by atoms with Crippen LogP contribution in [0.1, 0.15) is 25.7 Å². The molecule has 0 aromatic heterocycles. The van der Waals surface area contributed by atoms with Crippen LogP contribution < -0.4 is 16.8 Å². The van der Waals surface area contributed by atoms with Crippen molar-refractivity contribution in [2.75, 3.05) is 35.3 Å². The van der Waals surface area contributed by atoms with Gasteiger partial charge in [0.25, 0.3) is 0 Å². The Balaban J connectivity index is 2.39. The van der Waals surface area contributed by atoms with E-state index in [0.29, 0.717) is 12.2 Å². The molecule has 0 fully saturated rings. The Morgan fingerprint density at radius 2 is 1.89 bits per heavy atom. The predicted molar refractivity (Wildman–Crippen MR) is 85.6 cm³/mol. The molecule has 0 aliphatic carbocycles. The summed E-state index contributed by atoms with van der Waals surface area (Å²) in [5.41, 5.74) is 12.0. The molecule has 108 valence electrons. The van der Waals surface area contributed by atoms with Crippen LogP contribution in [0, 0.1) is 5.82 Å². The van der Waals surface area contributed by atoms with E-state index in [-0.39, 0.29) is 16.4 Å². The van der Waals surface area contributed by atoms with Gasteiger partial charge in [0.2, 0.25) is 0 Å². The van der Waals surface area contributed by atoms with Gasteiger partial charge >= 0.3 is 0 Å². The molecule has 0 aliphatic rings. The molecule has 0 atom stereocenters. The van der Waals surface area contributed by atoms with E-state index in [9.17, 15) is 4.39 Å². The fourth-order valence-electron chi connectivity index (χ4n) is 1.78. The first-order valence-electron chi connectivity index (χ1n) is 6.33. The second-order valence-electron chi connectivity index (χ2n) is 4.39. The number of unbranched alkanes of at least 4 members (excludes halogenated alkanes) is 3. The highest BCUT2D eigenvalue weighted by Crippen LogP contribution is 2.33. The van der Waals surface area contributed by atoms with E-state index in [0.717, 1.165) is 12.8 Å². The van der Waals surface area contributed by atoms with Crippen molar-refractivity contribution in [3.8, 4) is 0 Å². The Morgan fingerprint density at radius 1 is 1.21 bits per heavy atom. The summed E-state index contributed by atoms with van der Waals surface area (Å²) in [6.07, 6.45) is 6.64. The number of anilines is 3. The first-order chi connectivity index (χ1) is 9.07. The molecule has 3 nitrogen and oxygen atoms in total. The standard InChI is InChI=1S/C13H21ClFN3S/c1-19-7-5-3-2-4-6-18-13-10(17)8-9(16)11(14)12(13)15/h8,18H,2-7,16-17H2,1H3. The molecular weight excluding hydrogens is 285 g/mol. The largest absolute Gasteiger partial charge is 0.397 e. The van der Waals surface area contributed by atoms with Crippen molar-refractivity contribution >= 4 is 40.4 Å². The Bertz CT molecular complexity index is 415. The molecular formula is C13H21ClFN3S. The summed E-state index contributed by atoms with van der Waals surface area (Å²) >= 11 is 7.62. The average Bonchev–Trinajstić information content (AvgIpc) is 2.38. The molecule has 0 saturated heterocycles. The third kappa shape index (κ3) is 4.99. The molecule has 0 amide bonds. The number of nitrogens with one attached hydrogen (secondary N) is 1. The molecule has 0 aliphatic heterocycles. The molecule has 19 heavy (non-hydrogen) atoms. The summed E-state index contributed by atoms with van der Waals surface area (Å²) in [7, 11) is 0. The fraction of sp³-hybridized carbons (Fsp3) is 0.538. The van der Waals surface area contributed by atoms with Crippen molar-refractivity contribution in [2.24, 2.45) is 0 Å². The molecule has 6 heteroatoms. The van der Waals surface area contributed by atoms with Crippen molar-refractivity contribution in [1.29, 1.82) is 0 Å². The predicted octanol–water partition coefficient (Wildman–Crippen LogP) is 3.98. The fourth-order valence-corrected chi connectivity index (χ4v) is 2.43. The Morgan fingerprint density at radius 3 is 2.58 bits per heavy atom. The van der Waals surface area contributed by atoms with E-state index in [1.165, 1.54) is 24.7 Å². The smallest absolute Gasteiger partial charge is 0.169 e. The minimum Gasteiger partial charge on any atom is -0.397 e. The normalized spacial score (nSPS) is 10.7. The van der Waals surface area contributed by atoms with E-state index < -0.39 is 5.82 Å². The highest BCUT2D eigenvalue weighted by atomic mass is 35.5. The minimum absolute atomic E-state index is 0.0725. The van der Waals surface area contributed by atoms with Crippen LogP contribution in [0.5, 0.6) is 0 Å². The lowest BCUT2D eigenvalue weighted by Crippen LogP contribution is -2.08. The molecule has 1 aromatic rings. The quantitative estimate of drug-likeness (QED) is 0.502. The van der Waals surface area contributed by atoms with Crippen LogP contribution in [0.4, 0.5) is 21.5 Å². The first kappa shape index (κ1) is 16.2. The van der Waals surface area contributed by atoms with E-state index in [4.69, 9.17) is 23.1 Å². The SMILES string of the molecule is CSCCCCCCNc1c(N)cc(N)c(Cl)c1F. The molecule has 0 unspecified atom stereocenters. The van der Waals surface area contributed by atoms with Crippen LogP contribution in [0.3, 0.4) is 0 Å². The van der Waals surface area contributed by atoms with Crippen molar-refractivity contribution in [3.63, 3.8) is 0 Å². The summed E-state index contributed by atoms with van der Waals surface area (Å²) in [4.78, 5) is 0. The summed E-state index contributed by atoms with van der Waals surface area (Å²) in [5.74, 6) is 0.629. The average molecular weight is 306 g/mol. The van der Waals surface area contributed by atoms with Gasteiger partial charge in [-0.15, -0.1) is 0 Å². The molecule has 1 aromatic carbocycles. The van der Waals surface area contributed by atoms with Crippen LogP contribution in [-0.4, -0.2) is 18.6 Å². The van der Waals surface area contributed by atoms with Gasteiger partial charge in [0.15, 0.2) is 5.82 Å². The number of thioether (sulfide) groups is 1. The lowest BCUT2D eigenvalue weighted by atomic mass is 10.2. The highest BCUT2D eigenvalue weighted by molar-refractivity contribution is 7.98. The number of nitrogen functional groups attached to an aromatic ring is 2. The van der Waals surface area contributed by atoms with Gasteiger partial charge in [-0.3, -0.25) is 0 Å². The summed E-state index contributed by atoms with van der Waals surface area (Å²) in [5, 5.41) is 2.92. The zero-order valence-electron chi connectivity index (χ0n) is 11.1. The van der Waals surface area contributed by atoms with Gasteiger partial charge in [0.1, 0.15) is 5.02 Å². The molecule has 0 bridgehead atoms. The van der Waals surface area contributed by atoms with Gasteiger partial charge in [-0.05, 0) is 30.9 Å². The van der Waals surface area contributed by atoms with Crippen LogP contribution in [-0.2, 0) is 0 Å². The van der Waals surface area contributed by atoms with Gasteiger partial charge < -0.3 is 16.8 Å². The van der Waals surface area contributed by atoms with Gasteiger partial charge in [-0.2, -0.15) is 11.8 Å². The zero-order chi connectivity index (χ0) is 14.3. The van der Waals surface area contributed by atoms with Gasteiger partial charge in [-0.1, -0.05) is 24.4 Å². The van der Waals surface area contributed by atoms with Crippen LogP contribution in [0.2, 0.25) is 5.02 Å². The second-order valence-corrected chi connectivity index (χ2v) is 5.76. The number of hydrogen-bond donors (Lipinski definition) is 3. The van der Waals surface area contributed by atoms with Gasteiger partial charge in [0, 0.05) is 6.54 Å². The number of halogens is 2. The van der Waals surface area contributed by atoms with E-state index in [1.54, 1.807) is 0 Å². The van der Waals surface area contributed by atoms with E-state index in [2.05, 4.69) is 11.6 Å². The van der Waals surface area contributed by atoms with Crippen LogP contribution >= 0.6 is 23.4 Å². The number of nitrogens with two attached hydrogens (primary N) is 2. The van der Waals surface area contributed by atoms with Crippen LogP contribution in [0.25, 0.3) is 0 Å². The van der Waals surface area contributed by atoms with E-state index in [1.807, 2.05) is 11.8 Å². The summed E-state index contributed by atoms with van der Waals surface area (Å²) in [6, 6.07) is 1.48. The van der Waals surface area contributed by atoms with Gasteiger partial charge in [-0.25, -0.2) is 4.39 Å². The zero-order valence-corrected chi connectivity index (χ0v) is 12.7. The van der Waals surface area contributed by atoms with Crippen molar-refractivity contribution in [1.82, 2.24) is 0 Å².